The van der Waals surface area contributed by atoms with Gasteiger partial charge in [0, 0.05) is 5.56 Å². The molecular formula is C11H10N2O3. The van der Waals surface area contributed by atoms with Gasteiger partial charge in [-0.25, -0.2) is 9.79 Å². The fourth-order valence-corrected chi connectivity index (χ4v) is 1.40. The minimum absolute atomic E-state index is 0.198. The van der Waals surface area contributed by atoms with Gasteiger partial charge >= 0.3 is 5.97 Å². The lowest BCUT2D eigenvalue weighted by molar-refractivity contribution is -0.138. The van der Waals surface area contributed by atoms with Gasteiger partial charge in [-0.1, -0.05) is 30.3 Å². The lowest BCUT2D eigenvalue weighted by atomic mass is 10.2. The smallest absolute Gasteiger partial charge is 0.362 e. The van der Waals surface area contributed by atoms with Crippen LogP contribution in [0.3, 0.4) is 0 Å². The van der Waals surface area contributed by atoms with E-state index >= 15 is 0 Å². The summed E-state index contributed by atoms with van der Waals surface area (Å²) >= 11 is 0. The van der Waals surface area contributed by atoms with E-state index in [-0.39, 0.29) is 12.3 Å². The van der Waals surface area contributed by atoms with Crippen LogP contribution in [-0.4, -0.2) is 24.0 Å². The molecule has 0 spiro atoms. The van der Waals surface area contributed by atoms with Crippen LogP contribution in [0.2, 0.25) is 0 Å². The monoisotopic (exact) mass is 218 g/mol. The van der Waals surface area contributed by atoms with Crippen LogP contribution in [-0.2, 0) is 14.3 Å². The summed E-state index contributed by atoms with van der Waals surface area (Å²) in [7, 11) is 0. The number of hydrogen-bond acceptors (Lipinski definition) is 5. The van der Waals surface area contributed by atoms with Crippen molar-refractivity contribution in [2.24, 2.45) is 10.7 Å². The van der Waals surface area contributed by atoms with E-state index in [4.69, 9.17) is 10.5 Å². The molecular weight excluding hydrogens is 208 g/mol. The molecule has 0 saturated carbocycles. The molecule has 1 aliphatic rings. The van der Waals surface area contributed by atoms with Gasteiger partial charge < -0.3 is 10.5 Å². The first-order valence-electron chi connectivity index (χ1n) is 4.79. The number of esters is 1. The highest BCUT2D eigenvalue weighted by molar-refractivity contribution is 6.65. The molecule has 1 aromatic carbocycles. The van der Waals surface area contributed by atoms with E-state index in [0.717, 1.165) is 5.56 Å². The average Bonchev–Trinajstić information content (AvgIpc) is 2.71. The Morgan fingerprint density at radius 3 is 2.69 bits per heavy atom. The van der Waals surface area contributed by atoms with Crippen LogP contribution in [0.15, 0.2) is 35.3 Å². The second-order valence-electron chi connectivity index (χ2n) is 3.27. The Bertz CT molecular complexity index is 454. The standard InChI is InChI=1S/C11H10N2O3/c12-6-8(14)9-11(15)16-10(13-9)7-4-2-1-3-5-7/h1-5,10H,6,12H2. The molecule has 16 heavy (non-hydrogen) atoms. The topological polar surface area (TPSA) is 81.8 Å². The summed E-state index contributed by atoms with van der Waals surface area (Å²) in [5, 5.41) is 0. The highest BCUT2D eigenvalue weighted by Crippen LogP contribution is 2.23. The van der Waals surface area contributed by atoms with Crippen LogP contribution in [0.25, 0.3) is 0 Å². The first-order valence-corrected chi connectivity index (χ1v) is 4.79. The molecule has 0 radical (unpaired) electrons. The van der Waals surface area contributed by atoms with Crippen molar-refractivity contribution in [3.63, 3.8) is 0 Å². The van der Waals surface area contributed by atoms with Gasteiger partial charge in [-0.3, -0.25) is 4.79 Å². The number of Topliss-reactive ketones (excluding diaryl/α,β-unsaturated/α-hetero) is 1. The third-order valence-electron chi connectivity index (χ3n) is 2.19. The number of nitrogens with zero attached hydrogens (tertiary/aromatic N) is 1. The molecule has 1 aliphatic heterocycles. The number of ketones is 1. The molecule has 82 valence electrons. The van der Waals surface area contributed by atoms with Crippen molar-refractivity contribution in [3.8, 4) is 0 Å². The van der Waals surface area contributed by atoms with Gasteiger partial charge in [0.15, 0.2) is 5.71 Å². The maximum atomic E-state index is 11.3. The summed E-state index contributed by atoms with van der Waals surface area (Å²) in [6.07, 6.45) is -0.723. The zero-order valence-electron chi connectivity index (χ0n) is 8.42. The normalized spacial score (nSPS) is 19.2. The van der Waals surface area contributed by atoms with Crippen molar-refractivity contribution in [3.05, 3.63) is 35.9 Å². The number of rotatable bonds is 3. The van der Waals surface area contributed by atoms with Crippen LogP contribution in [0.4, 0.5) is 0 Å². The van der Waals surface area contributed by atoms with Crippen LogP contribution in [0.1, 0.15) is 11.8 Å². The van der Waals surface area contributed by atoms with E-state index in [1.165, 1.54) is 0 Å². The maximum absolute atomic E-state index is 11.3. The lowest BCUT2D eigenvalue weighted by Gasteiger charge is -2.05. The average molecular weight is 218 g/mol. The number of nitrogens with two attached hydrogens (primary N) is 1. The van der Waals surface area contributed by atoms with Crippen molar-refractivity contribution in [1.82, 2.24) is 0 Å². The van der Waals surface area contributed by atoms with Gasteiger partial charge in [0.1, 0.15) is 0 Å². The lowest BCUT2D eigenvalue weighted by Crippen LogP contribution is -2.27. The van der Waals surface area contributed by atoms with Crippen LogP contribution < -0.4 is 5.73 Å². The number of aliphatic imine (C=N–C) groups is 1. The summed E-state index contributed by atoms with van der Waals surface area (Å²) in [4.78, 5) is 26.5. The molecule has 2 N–H and O–H groups in total. The van der Waals surface area contributed by atoms with Gasteiger partial charge in [0.2, 0.25) is 12.0 Å². The number of carbonyl (C=O) groups excluding carboxylic acids is 2. The Balaban J connectivity index is 2.26. The summed E-state index contributed by atoms with van der Waals surface area (Å²) in [5.74, 6) is -1.20. The fourth-order valence-electron chi connectivity index (χ4n) is 1.40. The van der Waals surface area contributed by atoms with Crippen LogP contribution in [0.5, 0.6) is 0 Å². The number of cyclic esters (lactones) is 1. The van der Waals surface area contributed by atoms with Gasteiger partial charge in [-0.05, 0) is 0 Å². The predicted molar refractivity (Wildman–Crippen MR) is 56.8 cm³/mol. The fraction of sp³-hybridized carbons (Fsp3) is 0.182. The van der Waals surface area contributed by atoms with Crippen molar-refractivity contribution in [1.29, 1.82) is 0 Å². The highest BCUT2D eigenvalue weighted by atomic mass is 16.6. The van der Waals surface area contributed by atoms with Crippen molar-refractivity contribution in [2.45, 2.75) is 6.23 Å². The van der Waals surface area contributed by atoms with E-state index in [2.05, 4.69) is 4.99 Å². The van der Waals surface area contributed by atoms with E-state index in [1.807, 2.05) is 6.07 Å². The largest absolute Gasteiger partial charge is 0.431 e. The summed E-state index contributed by atoms with van der Waals surface area (Å²) in [6.45, 7) is -0.241. The second-order valence-corrected chi connectivity index (χ2v) is 3.27. The molecule has 0 bridgehead atoms. The third kappa shape index (κ3) is 1.85. The highest BCUT2D eigenvalue weighted by Gasteiger charge is 2.32. The number of carbonyl (C=O) groups is 2. The van der Waals surface area contributed by atoms with E-state index in [9.17, 15) is 9.59 Å². The number of ether oxygens (including phenoxy) is 1. The molecule has 0 amide bonds. The molecule has 0 aliphatic carbocycles. The molecule has 1 atom stereocenters. The first-order chi connectivity index (χ1) is 7.72. The van der Waals surface area contributed by atoms with Gasteiger partial charge in [-0.2, -0.15) is 0 Å². The Morgan fingerprint density at radius 2 is 2.06 bits per heavy atom. The van der Waals surface area contributed by atoms with E-state index in [1.54, 1.807) is 24.3 Å². The predicted octanol–water partition coefficient (Wildman–Crippen LogP) is 0.211. The second kappa shape index (κ2) is 4.24. The van der Waals surface area contributed by atoms with Crippen LogP contribution in [0, 0.1) is 0 Å². The minimum atomic E-state index is -0.723. The van der Waals surface area contributed by atoms with Crippen molar-refractivity contribution in [2.75, 3.05) is 6.54 Å². The maximum Gasteiger partial charge on any atom is 0.362 e. The molecule has 1 aromatic rings. The summed E-state index contributed by atoms with van der Waals surface area (Å²) in [6, 6.07) is 9.01. The van der Waals surface area contributed by atoms with Gasteiger partial charge in [0.25, 0.3) is 0 Å². The van der Waals surface area contributed by atoms with E-state index in [0.29, 0.717) is 0 Å². The molecule has 1 heterocycles. The first kappa shape index (κ1) is 10.5. The Labute approximate surface area is 91.9 Å². The molecule has 5 heteroatoms. The van der Waals surface area contributed by atoms with Gasteiger partial charge in [0.05, 0.1) is 6.54 Å². The molecule has 5 nitrogen and oxygen atoms in total. The Hall–Kier alpha value is -2.01. The Kier molecular flexibility index (Phi) is 2.78. The minimum Gasteiger partial charge on any atom is -0.431 e. The van der Waals surface area contributed by atoms with Crippen LogP contribution >= 0.6 is 0 Å². The molecule has 0 fully saturated rings. The van der Waals surface area contributed by atoms with Gasteiger partial charge in [-0.15, -0.1) is 0 Å². The number of hydrogen-bond donors (Lipinski definition) is 1. The van der Waals surface area contributed by atoms with E-state index < -0.39 is 18.0 Å². The third-order valence-corrected chi connectivity index (χ3v) is 2.19. The SMILES string of the molecule is NCC(=O)C1=NC(c2ccccc2)OC1=O. The molecule has 0 saturated heterocycles. The quantitative estimate of drug-likeness (QED) is 0.735. The summed E-state index contributed by atoms with van der Waals surface area (Å²) < 4.78 is 4.96. The zero-order chi connectivity index (χ0) is 11.5. The zero-order valence-corrected chi connectivity index (χ0v) is 8.42. The van der Waals surface area contributed by atoms with Crippen molar-refractivity contribution >= 4 is 17.5 Å². The molecule has 0 aromatic heterocycles. The number of benzene rings is 1. The summed E-state index contributed by atoms with van der Waals surface area (Å²) in [5.41, 5.74) is 5.69. The van der Waals surface area contributed by atoms with Crippen molar-refractivity contribution < 1.29 is 14.3 Å². The molecule has 1 unspecified atom stereocenters. The Morgan fingerprint density at radius 1 is 1.38 bits per heavy atom. The molecule has 2 rings (SSSR count).